The molecule has 0 spiro atoms. The Balaban J connectivity index is 3.17. The van der Waals surface area contributed by atoms with Crippen molar-refractivity contribution in [2.75, 3.05) is 0 Å². The summed E-state index contributed by atoms with van der Waals surface area (Å²) in [7, 11) is 1.59. The zero-order valence-corrected chi connectivity index (χ0v) is 7.03. The first kappa shape index (κ1) is 8.52. The van der Waals surface area contributed by atoms with Crippen molar-refractivity contribution in [1.29, 1.82) is 0 Å². The molecule has 0 amide bonds. The fraction of sp³-hybridized carbons (Fsp3) is 0.250. The van der Waals surface area contributed by atoms with Gasteiger partial charge in [0.15, 0.2) is 0 Å². The zero-order chi connectivity index (χ0) is 9.30. The maximum atomic E-state index is 10.6. The molecule has 0 aliphatic heterocycles. The lowest BCUT2D eigenvalue weighted by Crippen LogP contribution is -2.04. The molecule has 1 rings (SSSR count). The van der Waals surface area contributed by atoms with Gasteiger partial charge in [0.25, 0.3) is 0 Å². The summed E-state index contributed by atoms with van der Waals surface area (Å²) < 4.78 is 1.33. The highest BCUT2D eigenvalue weighted by Gasteiger charge is 2.11. The smallest absolute Gasteiger partial charge is 0.354 e. The van der Waals surface area contributed by atoms with E-state index in [1.165, 1.54) is 10.7 Å². The zero-order valence-electron chi connectivity index (χ0n) is 7.03. The van der Waals surface area contributed by atoms with Crippen LogP contribution in [0.5, 0.6) is 0 Å². The standard InChI is InChI=1S/C8H10N2O2/c1-5(2)6-4-7(8(11)12)10(3)9-6/h4H,1H2,2-3H3,(H,11,12). The number of rotatable bonds is 2. The van der Waals surface area contributed by atoms with Crippen LogP contribution in [-0.2, 0) is 7.05 Å². The summed E-state index contributed by atoms with van der Waals surface area (Å²) in [5.41, 5.74) is 1.56. The fourth-order valence-corrected chi connectivity index (χ4v) is 0.876. The van der Waals surface area contributed by atoms with Gasteiger partial charge in [0.2, 0.25) is 0 Å². The molecule has 0 aromatic carbocycles. The second-order valence-corrected chi connectivity index (χ2v) is 2.62. The molecule has 0 saturated heterocycles. The molecule has 1 heterocycles. The molecule has 4 nitrogen and oxygen atoms in total. The average Bonchev–Trinajstić information content (AvgIpc) is 2.30. The summed E-state index contributed by atoms with van der Waals surface area (Å²) in [5, 5.41) is 12.6. The van der Waals surface area contributed by atoms with Gasteiger partial charge in [0.05, 0.1) is 5.69 Å². The minimum absolute atomic E-state index is 0.174. The summed E-state index contributed by atoms with van der Waals surface area (Å²) in [6.45, 7) is 5.46. The van der Waals surface area contributed by atoms with Gasteiger partial charge >= 0.3 is 5.97 Å². The molecule has 1 aromatic heterocycles. The van der Waals surface area contributed by atoms with E-state index in [0.717, 1.165) is 5.57 Å². The largest absolute Gasteiger partial charge is 0.477 e. The van der Waals surface area contributed by atoms with Crippen LogP contribution >= 0.6 is 0 Å². The predicted octanol–water partition coefficient (Wildman–Crippen LogP) is 1.15. The van der Waals surface area contributed by atoms with Crippen molar-refractivity contribution in [3.63, 3.8) is 0 Å². The van der Waals surface area contributed by atoms with Crippen LogP contribution in [0.25, 0.3) is 5.57 Å². The van der Waals surface area contributed by atoms with Crippen LogP contribution in [0.4, 0.5) is 0 Å². The maximum Gasteiger partial charge on any atom is 0.354 e. The molecular weight excluding hydrogens is 156 g/mol. The average molecular weight is 166 g/mol. The molecule has 64 valence electrons. The third-order valence-corrected chi connectivity index (χ3v) is 1.54. The van der Waals surface area contributed by atoms with Gasteiger partial charge in [-0.2, -0.15) is 5.10 Å². The van der Waals surface area contributed by atoms with Crippen molar-refractivity contribution in [3.05, 3.63) is 24.0 Å². The molecule has 0 unspecified atom stereocenters. The normalized spacial score (nSPS) is 9.83. The lowest BCUT2D eigenvalue weighted by molar-refractivity contribution is 0.0685. The van der Waals surface area contributed by atoms with Crippen LogP contribution in [-0.4, -0.2) is 20.9 Å². The monoisotopic (exact) mass is 166 g/mol. The van der Waals surface area contributed by atoms with Crippen molar-refractivity contribution in [1.82, 2.24) is 9.78 Å². The quantitative estimate of drug-likeness (QED) is 0.717. The number of allylic oxidation sites excluding steroid dienone is 1. The molecule has 0 saturated carbocycles. The summed E-state index contributed by atoms with van der Waals surface area (Å²) in [5.74, 6) is -0.975. The number of hydrogen-bond acceptors (Lipinski definition) is 2. The minimum atomic E-state index is -0.975. The Bertz CT molecular complexity index is 339. The van der Waals surface area contributed by atoms with E-state index in [-0.39, 0.29) is 5.69 Å². The number of carbonyl (C=O) groups is 1. The maximum absolute atomic E-state index is 10.6. The van der Waals surface area contributed by atoms with Crippen LogP contribution < -0.4 is 0 Å². The molecule has 0 bridgehead atoms. The van der Waals surface area contributed by atoms with Crippen LogP contribution in [0.1, 0.15) is 23.1 Å². The predicted molar refractivity (Wildman–Crippen MR) is 44.9 cm³/mol. The van der Waals surface area contributed by atoms with E-state index >= 15 is 0 Å². The van der Waals surface area contributed by atoms with Gasteiger partial charge in [0, 0.05) is 7.05 Å². The summed E-state index contributed by atoms with van der Waals surface area (Å²) in [4.78, 5) is 10.6. The van der Waals surface area contributed by atoms with Gasteiger partial charge in [-0.3, -0.25) is 4.68 Å². The fourth-order valence-electron chi connectivity index (χ4n) is 0.876. The summed E-state index contributed by atoms with van der Waals surface area (Å²) >= 11 is 0. The van der Waals surface area contributed by atoms with Crippen molar-refractivity contribution in [2.24, 2.45) is 7.05 Å². The van der Waals surface area contributed by atoms with Crippen molar-refractivity contribution in [2.45, 2.75) is 6.92 Å². The molecule has 12 heavy (non-hydrogen) atoms. The Morgan fingerprint density at radius 2 is 2.33 bits per heavy atom. The Morgan fingerprint density at radius 1 is 1.75 bits per heavy atom. The summed E-state index contributed by atoms with van der Waals surface area (Å²) in [6.07, 6.45) is 0. The van der Waals surface area contributed by atoms with Crippen LogP contribution in [0, 0.1) is 0 Å². The van der Waals surface area contributed by atoms with Gasteiger partial charge in [0.1, 0.15) is 5.69 Å². The molecule has 0 aliphatic carbocycles. The van der Waals surface area contributed by atoms with Crippen molar-refractivity contribution in [3.8, 4) is 0 Å². The number of carboxylic acid groups (broad SMARTS) is 1. The van der Waals surface area contributed by atoms with E-state index in [0.29, 0.717) is 5.69 Å². The third kappa shape index (κ3) is 1.37. The lowest BCUT2D eigenvalue weighted by Gasteiger charge is -1.91. The van der Waals surface area contributed by atoms with E-state index in [2.05, 4.69) is 11.7 Å². The highest BCUT2D eigenvalue weighted by Crippen LogP contribution is 2.10. The van der Waals surface area contributed by atoms with Gasteiger partial charge in [-0.1, -0.05) is 6.58 Å². The van der Waals surface area contributed by atoms with Crippen molar-refractivity contribution >= 4 is 11.5 Å². The van der Waals surface area contributed by atoms with Crippen LogP contribution in [0.15, 0.2) is 12.6 Å². The molecule has 4 heteroatoms. The molecule has 0 radical (unpaired) electrons. The van der Waals surface area contributed by atoms with Gasteiger partial charge in [-0.15, -0.1) is 0 Å². The Labute approximate surface area is 70.1 Å². The molecule has 0 atom stereocenters. The number of carboxylic acids is 1. The first-order chi connectivity index (χ1) is 5.52. The SMILES string of the molecule is C=C(C)c1cc(C(=O)O)n(C)n1. The number of aromatic nitrogens is 2. The third-order valence-electron chi connectivity index (χ3n) is 1.54. The lowest BCUT2D eigenvalue weighted by atomic mass is 10.2. The molecule has 0 fully saturated rings. The van der Waals surface area contributed by atoms with E-state index in [1.807, 2.05) is 0 Å². The molecular formula is C8H10N2O2. The second kappa shape index (κ2) is 2.81. The van der Waals surface area contributed by atoms with Gasteiger partial charge < -0.3 is 5.11 Å². The van der Waals surface area contributed by atoms with E-state index < -0.39 is 5.97 Å². The first-order valence-corrected chi connectivity index (χ1v) is 3.45. The molecule has 1 N–H and O–H groups in total. The van der Waals surface area contributed by atoms with E-state index in [4.69, 9.17) is 5.11 Å². The topological polar surface area (TPSA) is 55.1 Å². The number of hydrogen-bond donors (Lipinski definition) is 1. The molecule has 0 aliphatic rings. The number of aryl methyl sites for hydroxylation is 1. The van der Waals surface area contributed by atoms with E-state index in [1.54, 1.807) is 14.0 Å². The Kier molecular flexibility index (Phi) is 1.99. The Morgan fingerprint density at radius 3 is 2.58 bits per heavy atom. The van der Waals surface area contributed by atoms with Gasteiger partial charge in [-0.05, 0) is 18.6 Å². The molecule has 1 aromatic rings. The second-order valence-electron chi connectivity index (χ2n) is 2.62. The highest BCUT2D eigenvalue weighted by molar-refractivity contribution is 5.86. The van der Waals surface area contributed by atoms with Crippen molar-refractivity contribution < 1.29 is 9.90 Å². The summed E-state index contributed by atoms with van der Waals surface area (Å²) in [6, 6.07) is 1.50. The van der Waals surface area contributed by atoms with E-state index in [9.17, 15) is 4.79 Å². The van der Waals surface area contributed by atoms with Crippen LogP contribution in [0.2, 0.25) is 0 Å². The number of aromatic carboxylic acids is 1. The Hall–Kier alpha value is -1.58. The highest BCUT2D eigenvalue weighted by atomic mass is 16.4. The minimum Gasteiger partial charge on any atom is -0.477 e. The van der Waals surface area contributed by atoms with Gasteiger partial charge in [-0.25, -0.2) is 4.79 Å². The first-order valence-electron chi connectivity index (χ1n) is 3.45. The van der Waals surface area contributed by atoms with Crippen LogP contribution in [0.3, 0.4) is 0 Å². The number of nitrogens with zero attached hydrogens (tertiary/aromatic N) is 2.